The first-order valence-electron chi connectivity index (χ1n) is 13.3. The van der Waals surface area contributed by atoms with Crippen molar-refractivity contribution in [3.8, 4) is 11.5 Å². The van der Waals surface area contributed by atoms with Crippen molar-refractivity contribution in [1.82, 2.24) is 10.2 Å². The maximum Gasteiger partial charge on any atom is 0.255 e. The minimum atomic E-state index is -0.242. The van der Waals surface area contributed by atoms with Crippen LogP contribution in [0.25, 0.3) is 0 Å². The number of hydrogen-bond acceptors (Lipinski definition) is 5. The normalized spacial score (nSPS) is 13.8. The van der Waals surface area contributed by atoms with E-state index in [1.54, 1.807) is 38.5 Å². The number of para-hydroxylation sites is 1. The summed E-state index contributed by atoms with van der Waals surface area (Å²) in [6.45, 7) is 3.62. The molecule has 1 aliphatic heterocycles. The van der Waals surface area contributed by atoms with E-state index in [4.69, 9.17) is 9.47 Å². The van der Waals surface area contributed by atoms with Crippen molar-refractivity contribution in [3.63, 3.8) is 0 Å². The lowest BCUT2D eigenvalue weighted by molar-refractivity contribution is 0.0955. The molecule has 0 aliphatic carbocycles. The predicted octanol–water partition coefficient (Wildman–Crippen LogP) is 5.30. The van der Waals surface area contributed by atoms with Gasteiger partial charge in [-0.2, -0.15) is 0 Å². The summed E-state index contributed by atoms with van der Waals surface area (Å²) >= 11 is 0. The van der Waals surface area contributed by atoms with E-state index in [1.165, 1.54) is 31.2 Å². The van der Waals surface area contributed by atoms with Gasteiger partial charge in [0.2, 0.25) is 0 Å². The number of rotatable bonds is 10. The highest BCUT2D eigenvalue weighted by Crippen LogP contribution is 2.27. The molecule has 4 rings (SSSR count). The summed E-state index contributed by atoms with van der Waals surface area (Å²) in [6, 6.07) is 20.5. The molecule has 7 heteroatoms. The third kappa shape index (κ3) is 7.35. The highest BCUT2D eigenvalue weighted by atomic mass is 16.5. The molecule has 3 aromatic rings. The Morgan fingerprint density at radius 1 is 0.789 bits per heavy atom. The first-order chi connectivity index (χ1) is 18.6. The smallest absolute Gasteiger partial charge is 0.255 e. The molecule has 200 valence electrons. The summed E-state index contributed by atoms with van der Waals surface area (Å²) in [4.78, 5) is 28.4. The maximum atomic E-state index is 13.0. The van der Waals surface area contributed by atoms with Crippen molar-refractivity contribution < 1.29 is 19.1 Å². The number of likely N-dealkylation sites (tertiary alicyclic amines) is 1. The van der Waals surface area contributed by atoms with Gasteiger partial charge in [-0.15, -0.1) is 0 Å². The van der Waals surface area contributed by atoms with Gasteiger partial charge in [0.15, 0.2) is 11.5 Å². The van der Waals surface area contributed by atoms with E-state index in [-0.39, 0.29) is 11.8 Å². The van der Waals surface area contributed by atoms with Crippen LogP contribution < -0.4 is 20.1 Å². The molecule has 2 N–H and O–H groups in total. The number of ether oxygens (including phenoxy) is 2. The number of carbonyl (C=O) groups is 2. The number of amides is 2. The molecule has 1 fully saturated rings. The van der Waals surface area contributed by atoms with Gasteiger partial charge in [0.1, 0.15) is 0 Å². The summed E-state index contributed by atoms with van der Waals surface area (Å²) in [6.07, 6.45) is 5.76. The van der Waals surface area contributed by atoms with Gasteiger partial charge in [0, 0.05) is 18.7 Å². The van der Waals surface area contributed by atoms with E-state index in [0.717, 1.165) is 25.2 Å². The van der Waals surface area contributed by atoms with Crippen molar-refractivity contribution in [2.75, 3.05) is 39.2 Å². The van der Waals surface area contributed by atoms with Crippen LogP contribution >= 0.6 is 0 Å². The summed E-state index contributed by atoms with van der Waals surface area (Å²) in [5, 5.41) is 5.86. The Morgan fingerprint density at radius 3 is 2.18 bits per heavy atom. The SMILES string of the molecule is COc1ccc(CCNC(=O)c2ccccc2NC(=O)c2ccc(CN3CCCCCC3)cc2)cc1OC. The Bertz CT molecular complexity index is 1220. The molecule has 1 aliphatic rings. The first kappa shape index (κ1) is 27.2. The van der Waals surface area contributed by atoms with E-state index < -0.39 is 0 Å². The zero-order chi connectivity index (χ0) is 26.7. The van der Waals surface area contributed by atoms with Crippen LogP contribution in [0.2, 0.25) is 0 Å². The molecule has 0 atom stereocenters. The summed E-state index contributed by atoms with van der Waals surface area (Å²) in [7, 11) is 3.19. The molecule has 2 amide bonds. The van der Waals surface area contributed by atoms with Gasteiger partial charge in [0.05, 0.1) is 25.5 Å². The van der Waals surface area contributed by atoms with Gasteiger partial charge in [-0.05, 0) is 79.9 Å². The molecule has 0 unspecified atom stereocenters. The average molecular weight is 516 g/mol. The van der Waals surface area contributed by atoms with Crippen molar-refractivity contribution >= 4 is 17.5 Å². The van der Waals surface area contributed by atoms with Crippen molar-refractivity contribution in [1.29, 1.82) is 0 Å². The number of methoxy groups -OCH3 is 2. The molecule has 3 aromatic carbocycles. The second-order valence-corrected chi connectivity index (χ2v) is 9.58. The minimum absolute atomic E-state index is 0.239. The van der Waals surface area contributed by atoms with E-state index in [1.807, 2.05) is 42.5 Å². The lowest BCUT2D eigenvalue weighted by atomic mass is 10.1. The van der Waals surface area contributed by atoms with Crippen LogP contribution in [0, 0.1) is 0 Å². The molecular formula is C31H37N3O4. The molecule has 38 heavy (non-hydrogen) atoms. The number of nitrogens with zero attached hydrogens (tertiary/aromatic N) is 1. The zero-order valence-corrected chi connectivity index (χ0v) is 22.3. The fourth-order valence-electron chi connectivity index (χ4n) is 4.75. The van der Waals surface area contributed by atoms with E-state index in [2.05, 4.69) is 15.5 Å². The van der Waals surface area contributed by atoms with E-state index in [0.29, 0.717) is 41.3 Å². The standard InChI is InChI=1S/C31H37N3O4/c1-37-28-16-13-23(21-29(28)38-2)17-18-32-31(36)26-9-5-6-10-27(26)33-30(35)25-14-11-24(12-15-25)22-34-19-7-3-4-8-20-34/h5-6,9-16,21H,3-4,7-8,17-20,22H2,1-2H3,(H,32,36)(H,33,35). The fraction of sp³-hybridized carbons (Fsp3) is 0.355. The molecule has 0 saturated carbocycles. The van der Waals surface area contributed by atoms with Crippen molar-refractivity contribution in [2.45, 2.75) is 38.6 Å². The topological polar surface area (TPSA) is 79.9 Å². The number of nitrogens with one attached hydrogen (secondary N) is 2. The van der Waals surface area contributed by atoms with Crippen molar-refractivity contribution in [2.24, 2.45) is 0 Å². The second-order valence-electron chi connectivity index (χ2n) is 9.58. The highest BCUT2D eigenvalue weighted by Gasteiger charge is 2.15. The first-order valence-corrected chi connectivity index (χ1v) is 13.3. The van der Waals surface area contributed by atoms with Crippen LogP contribution in [0.5, 0.6) is 11.5 Å². The molecular weight excluding hydrogens is 478 g/mol. The molecule has 0 radical (unpaired) electrons. The van der Waals surface area contributed by atoms with Crippen LogP contribution in [-0.2, 0) is 13.0 Å². The van der Waals surface area contributed by atoms with E-state index in [9.17, 15) is 9.59 Å². The minimum Gasteiger partial charge on any atom is -0.493 e. The second kappa shape index (κ2) is 13.6. The molecule has 1 saturated heterocycles. The van der Waals surface area contributed by atoms with Gasteiger partial charge in [-0.1, -0.05) is 43.2 Å². The monoisotopic (exact) mass is 515 g/mol. The molecule has 1 heterocycles. The Kier molecular flexibility index (Phi) is 9.76. The molecule has 7 nitrogen and oxygen atoms in total. The van der Waals surface area contributed by atoms with Crippen LogP contribution in [0.3, 0.4) is 0 Å². The fourth-order valence-corrected chi connectivity index (χ4v) is 4.75. The van der Waals surface area contributed by atoms with Crippen LogP contribution in [0.4, 0.5) is 5.69 Å². The van der Waals surface area contributed by atoms with Gasteiger partial charge in [-0.3, -0.25) is 14.5 Å². The Labute approximate surface area is 225 Å². The maximum absolute atomic E-state index is 13.0. The Morgan fingerprint density at radius 2 is 1.47 bits per heavy atom. The van der Waals surface area contributed by atoms with Gasteiger partial charge in [-0.25, -0.2) is 0 Å². The van der Waals surface area contributed by atoms with E-state index >= 15 is 0 Å². The van der Waals surface area contributed by atoms with Crippen LogP contribution in [0.1, 0.15) is 57.5 Å². The largest absolute Gasteiger partial charge is 0.493 e. The summed E-state index contributed by atoms with van der Waals surface area (Å²) < 4.78 is 10.6. The molecule has 0 spiro atoms. The molecule has 0 aromatic heterocycles. The van der Waals surface area contributed by atoms with Gasteiger partial charge >= 0.3 is 0 Å². The van der Waals surface area contributed by atoms with Gasteiger partial charge < -0.3 is 20.1 Å². The third-order valence-electron chi connectivity index (χ3n) is 6.89. The average Bonchev–Trinajstić information content (AvgIpc) is 3.22. The lowest BCUT2D eigenvalue weighted by Crippen LogP contribution is -2.27. The summed E-state index contributed by atoms with van der Waals surface area (Å²) in [5.41, 5.74) is 3.69. The quantitative estimate of drug-likeness (QED) is 0.383. The number of carbonyl (C=O) groups excluding carboxylic acids is 2. The highest BCUT2D eigenvalue weighted by molar-refractivity contribution is 6.09. The number of hydrogen-bond donors (Lipinski definition) is 2. The van der Waals surface area contributed by atoms with Crippen molar-refractivity contribution in [3.05, 3.63) is 89.0 Å². The zero-order valence-electron chi connectivity index (χ0n) is 22.3. The molecule has 0 bridgehead atoms. The summed E-state index contributed by atoms with van der Waals surface area (Å²) in [5.74, 6) is 0.836. The predicted molar refractivity (Wildman–Crippen MR) is 150 cm³/mol. The number of anilines is 1. The Hall–Kier alpha value is -3.84. The van der Waals surface area contributed by atoms with Crippen LogP contribution in [0.15, 0.2) is 66.7 Å². The van der Waals surface area contributed by atoms with Crippen LogP contribution in [-0.4, -0.2) is 50.6 Å². The Balaban J connectivity index is 1.33. The lowest BCUT2D eigenvalue weighted by Gasteiger charge is -2.19. The third-order valence-corrected chi connectivity index (χ3v) is 6.89. The van der Waals surface area contributed by atoms with Gasteiger partial charge in [0.25, 0.3) is 11.8 Å². The number of benzene rings is 3.